The monoisotopic (exact) mass is 347 g/mol. The molecule has 0 aromatic carbocycles. The van der Waals surface area contributed by atoms with E-state index in [1.807, 2.05) is 23.8 Å². The third kappa shape index (κ3) is 3.51. The summed E-state index contributed by atoms with van der Waals surface area (Å²) in [6.07, 6.45) is 3.13. The number of amides is 1. The molecule has 1 amide bonds. The van der Waals surface area contributed by atoms with Crippen molar-refractivity contribution in [1.29, 1.82) is 0 Å². The SMILES string of the molecule is CCCc1oncc1C(=O)N(C)Cc1csc(-c2cccs2)n1. The molecule has 0 aliphatic heterocycles. The van der Waals surface area contributed by atoms with Crippen LogP contribution in [0.1, 0.15) is 35.2 Å². The molecule has 120 valence electrons. The summed E-state index contributed by atoms with van der Waals surface area (Å²) in [5.74, 6) is 0.572. The van der Waals surface area contributed by atoms with Gasteiger partial charge >= 0.3 is 0 Å². The highest BCUT2D eigenvalue weighted by Gasteiger charge is 2.20. The highest BCUT2D eigenvalue weighted by molar-refractivity contribution is 7.20. The van der Waals surface area contributed by atoms with Crippen LogP contribution in [0.5, 0.6) is 0 Å². The third-order valence-corrected chi connectivity index (χ3v) is 5.31. The van der Waals surface area contributed by atoms with Crippen molar-refractivity contribution in [3.8, 4) is 9.88 Å². The van der Waals surface area contributed by atoms with Gasteiger partial charge in [-0.25, -0.2) is 4.98 Å². The molecule has 0 bridgehead atoms. The Morgan fingerprint density at radius 1 is 1.39 bits per heavy atom. The normalized spacial score (nSPS) is 10.9. The summed E-state index contributed by atoms with van der Waals surface area (Å²) in [6, 6.07) is 4.06. The lowest BCUT2D eigenvalue weighted by molar-refractivity contribution is 0.0781. The number of aromatic nitrogens is 2. The average molecular weight is 347 g/mol. The summed E-state index contributed by atoms with van der Waals surface area (Å²) in [4.78, 5) is 20.0. The van der Waals surface area contributed by atoms with Crippen LogP contribution in [-0.2, 0) is 13.0 Å². The van der Waals surface area contributed by atoms with E-state index in [0.717, 1.165) is 22.0 Å². The summed E-state index contributed by atoms with van der Waals surface area (Å²) in [5.41, 5.74) is 1.44. The minimum atomic E-state index is -0.0830. The predicted molar refractivity (Wildman–Crippen MR) is 91.7 cm³/mol. The lowest BCUT2D eigenvalue weighted by Crippen LogP contribution is -2.26. The van der Waals surface area contributed by atoms with Gasteiger partial charge in [-0.15, -0.1) is 22.7 Å². The first-order valence-electron chi connectivity index (χ1n) is 7.36. The molecule has 3 rings (SSSR count). The molecule has 0 N–H and O–H groups in total. The Morgan fingerprint density at radius 2 is 2.26 bits per heavy atom. The van der Waals surface area contributed by atoms with E-state index in [2.05, 4.69) is 16.2 Å². The summed E-state index contributed by atoms with van der Waals surface area (Å²) in [7, 11) is 1.77. The Labute approximate surface area is 142 Å². The van der Waals surface area contributed by atoms with Gasteiger partial charge < -0.3 is 9.42 Å². The van der Waals surface area contributed by atoms with Crippen LogP contribution in [0.2, 0.25) is 0 Å². The maximum atomic E-state index is 12.5. The number of nitrogens with zero attached hydrogens (tertiary/aromatic N) is 3. The third-order valence-electron chi connectivity index (χ3n) is 3.38. The van der Waals surface area contributed by atoms with Crippen LogP contribution in [0.3, 0.4) is 0 Å². The zero-order valence-electron chi connectivity index (χ0n) is 13.0. The first-order valence-corrected chi connectivity index (χ1v) is 9.12. The molecule has 5 nitrogen and oxygen atoms in total. The van der Waals surface area contributed by atoms with Crippen molar-refractivity contribution >= 4 is 28.6 Å². The molecule has 3 aromatic heterocycles. The van der Waals surface area contributed by atoms with E-state index < -0.39 is 0 Å². The van der Waals surface area contributed by atoms with Gasteiger partial charge in [-0.1, -0.05) is 18.1 Å². The van der Waals surface area contributed by atoms with Crippen LogP contribution in [0.4, 0.5) is 0 Å². The summed E-state index contributed by atoms with van der Waals surface area (Å²) < 4.78 is 5.17. The van der Waals surface area contributed by atoms with Crippen LogP contribution in [0.25, 0.3) is 9.88 Å². The quantitative estimate of drug-likeness (QED) is 0.674. The van der Waals surface area contributed by atoms with E-state index >= 15 is 0 Å². The molecule has 0 aliphatic carbocycles. The molecule has 0 fully saturated rings. The topological polar surface area (TPSA) is 59.2 Å². The van der Waals surface area contributed by atoms with Crippen molar-refractivity contribution in [1.82, 2.24) is 15.0 Å². The Hall–Kier alpha value is -1.99. The van der Waals surface area contributed by atoms with Gasteiger partial charge in [0.25, 0.3) is 5.91 Å². The summed E-state index contributed by atoms with van der Waals surface area (Å²) >= 11 is 3.27. The van der Waals surface area contributed by atoms with E-state index in [1.165, 1.54) is 6.20 Å². The fourth-order valence-corrected chi connectivity index (χ4v) is 3.88. The van der Waals surface area contributed by atoms with Gasteiger partial charge in [-0.3, -0.25) is 4.79 Å². The second kappa shape index (κ2) is 7.06. The molecule has 0 radical (unpaired) electrons. The molecule has 0 spiro atoms. The van der Waals surface area contributed by atoms with Gasteiger partial charge in [0.05, 0.1) is 23.3 Å². The molecule has 0 aliphatic rings. The van der Waals surface area contributed by atoms with Crippen molar-refractivity contribution in [2.45, 2.75) is 26.3 Å². The zero-order chi connectivity index (χ0) is 16.2. The van der Waals surface area contributed by atoms with Gasteiger partial charge in [0.15, 0.2) is 0 Å². The standard InChI is InChI=1S/C16H17N3O2S2/c1-3-5-13-12(8-17-21-13)16(20)19(2)9-11-10-23-15(18-11)14-6-4-7-22-14/h4,6-8,10H,3,5,9H2,1-2H3. The lowest BCUT2D eigenvalue weighted by atomic mass is 10.1. The number of hydrogen-bond donors (Lipinski definition) is 0. The molecule has 3 heterocycles. The highest BCUT2D eigenvalue weighted by atomic mass is 32.1. The smallest absolute Gasteiger partial charge is 0.259 e. The van der Waals surface area contributed by atoms with Gasteiger partial charge in [-0.05, 0) is 17.9 Å². The molecule has 0 unspecified atom stereocenters. The summed E-state index contributed by atoms with van der Waals surface area (Å²) in [6.45, 7) is 2.51. The second-order valence-electron chi connectivity index (χ2n) is 5.20. The number of rotatable bonds is 6. The Bertz CT molecular complexity index is 777. The molecule has 0 saturated carbocycles. The van der Waals surface area contributed by atoms with Gasteiger partial charge in [0.2, 0.25) is 0 Å². The Morgan fingerprint density at radius 3 is 3.00 bits per heavy atom. The number of hydrogen-bond acceptors (Lipinski definition) is 6. The van der Waals surface area contributed by atoms with E-state index in [-0.39, 0.29) is 5.91 Å². The van der Waals surface area contributed by atoms with Crippen LogP contribution in [0, 0.1) is 0 Å². The number of carbonyl (C=O) groups excluding carboxylic acids is 1. The van der Waals surface area contributed by atoms with Crippen molar-refractivity contribution in [3.05, 3.63) is 46.1 Å². The van der Waals surface area contributed by atoms with E-state index in [0.29, 0.717) is 24.3 Å². The Balaban J connectivity index is 1.70. The number of carbonyl (C=O) groups is 1. The molecule has 23 heavy (non-hydrogen) atoms. The van der Waals surface area contributed by atoms with Gasteiger partial charge in [0, 0.05) is 18.8 Å². The van der Waals surface area contributed by atoms with Crippen LogP contribution < -0.4 is 0 Å². The minimum absolute atomic E-state index is 0.0830. The number of thiazole rings is 1. The number of thiophene rings is 1. The second-order valence-corrected chi connectivity index (χ2v) is 7.00. The zero-order valence-corrected chi connectivity index (χ0v) is 14.6. The van der Waals surface area contributed by atoms with Crippen molar-refractivity contribution in [3.63, 3.8) is 0 Å². The van der Waals surface area contributed by atoms with Crippen molar-refractivity contribution in [2.24, 2.45) is 0 Å². The maximum Gasteiger partial charge on any atom is 0.259 e. The fourth-order valence-electron chi connectivity index (χ4n) is 2.26. The summed E-state index contributed by atoms with van der Waals surface area (Å²) in [5, 5.41) is 8.78. The van der Waals surface area contributed by atoms with Gasteiger partial charge in [0.1, 0.15) is 16.3 Å². The molecular formula is C16H17N3O2S2. The van der Waals surface area contributed by atoms with Crippen LogP contribution >= 0.6 is 22.7 Å². The predicted octanol–water partition coefficient (Wildman–Crippen LogP) is 4.08. The Kier molecular flexibility index (Phi) is 4.88. The van der Waals surface area contributed by atoms with Crippen molar-refractivity contribution in [2.75, 3.05) is 7.05 Å². The fraction of sp³-hybridized carbons (Fsp3) is 0.312. The van der Waals surface area contributed by atoms with Crippen LogP contribution in [0.15, 0.2) is 33.6 Å². The first kappa shape index (κ1) is 15.9. The molecule has 3 aromatic rings. The van der Waals surface area contributed by atoms with E-state index in [1.54, 1.807) is 34.6 Å². The highest BCUT2D eigenvalue weighted by Crippen LogP contribution is 2.28. The molecule has 0 saturated heterocycles. The first-order chi connectivity index (χ1) is 11.2. The lowest BCUT2D eigenvalue weighted by Gasteiger charge is -2.15. The molecule has 0 atom stereocenters. The van der Waals surface area contributed by atoms with E-state index in [4.69, 9.17) is 4.52 Å². The molecule has 7 heteroatoms. The van der Waals surface area contributed by atoms with Crippen LogP contribution in [-0.4, -0.2) is 28.0 Å². The van der Waals surface area contributed by atoms with Crippen molar-refractivity contribution < 1.29 is 9.32 Å². The van der Waals surface area contributed by atoms with E-state index in [9.17, 15) is 4.79 Å². The largest absolute Gasteiger partial charge is 0.361 e. The maximum absolute atomic E-state index is 12.5. The minimum Gasteiger partial charge on any atom is -0.361 e. The molecular weight excluding hydrogens is 330 g/mol. The van der Waals surface area contributed by atoms with Gasteiger partial charge in [-0.2, -0.15) is 0 Å². The average Bonchev–Trinajstić information content (AvgIpc) is 3.28. The number of aryl methyl sites for hydroxylation is 1.